The quantitative estimate of drug-likeness (QED) is 0.814. The smallest absolute Gasteiger partial charge is 0.387 e. The molecule has 0 spiro atoms. The third-order valence-corrected chi connectivity index (χ3v) is 3.32. The summed E-state index contributed by atoms with van der Waals surface area (Å²) in [7, 11) is 0. The van der Waals surface area contributed by atoms with Gasteiger partial charge in [0.05, 0.1) is 11.7 Å². The number of hydrogen-bond acceptors (Lipinski definition) is 2. The summed E-state index contributed by atoms with van der Waals surface area (Å²) in [5.74, 6) is -0.986. The largest absolute Gasteiger partial charge is 0.416 e. The van der Waals surface area contributed by atoms with Crippen molar-refractivity contribution in [1.82, 2.24) is 5.32 Å². The van der Waals surface area contributed by atoms with E-state index < -0.39 is 23.7 Å². The summed E-state index contributed by atoms with van der Waals surface area (Å²) in [6, 6.07) is 1.88. The Morgan fingerprint density at radius 2 is 1.95 bits per heavy atom. The van der Waals surface area contributed by atoms with E-state index in [1.807, 2.05) is 0 Å². The van der Waals surface area contributed by atoms with E-state index in [-0.39, 0.29) is 11.6 Å². The molecule has 2 atom stereocenters. The molecule has 0 saturated carbocycles. The molecule has 1 aromatic carbocycles. The highest BCUT2D eigenvalue weighted by Crippen LogP contribution is 2.33. The molecular formula is C13H15F4NO. The van der Waals surface area contributed by atoms with Gasteiger partial charge in [0.1, 0.15) is 5.82 Å². The lowest BCUT2D eigenvalue weighted by atomic mass is 9.94. The predicted octanol–water partition coefficient (Wildman–Crippen LogP) is 3.02. The maximum absolute atomic E-state index is 13.3. The second-order valence-electron chi connectivity index (χ2n) is 4.77. The van der Waals surface area contributed by atoms with E-state index in [0.29, 0.717) is 19.0 Å². The number of benzene rings is 1. The Balaban J connectivity index is 2.26. The molecule has 0 aromatic heterocycles. The van der Waals surface area contributed by atoms with Crippen LogP contribution in [0.5, 0.6) is 0 Å². The summed E-state index contributed by atoms with van der Waals surface area (Å²) in [6.45, 7) is 0.711. The minimum Gasteiger partial charge on any atom is -0.387 e. The van der Waals surface area contributed by atoms with E-state index in [2.05, 4.69) is 5.32 Å². The standard InChI is InChI=1S/C13H15F4NO/c14-10-6-8(5-9(7-10)13(15,16)17)12(19)11-3-1-2-4-18-11/h5-7,11-12,18-19H,1-4H2. The van der Waals surface area contributed by atoms with Gasteiger partial charge in [-0.1, -0.05) is 6.42 Å². The lowest BCUT2D eigenvalue weighted by molar-refractivity contribution is -0.137. The zero-order valence-electron chi connectivity index (χ0n) is 10.2. The zero-order chi connectivity index (χ0) is 14.0. The van der Waals surface area contributed by atoms with Gasteiger partial charge in [0.15, 0.2) is 0 Å². The number of alkyl halides is 3. The highest BCUT2D eigenvalue weighted by atomic mass is 19.4. The first-order chi connectivity index (χ1) is 8.88. The summed E-state index contributed by atoms with van der Waals surface area (Å²) in [6.07, 6.45) is -3.21. The van der Waals surface area contributed by atoms with Crippen LogP contribution in [-0.2, 0) is 6.18 Å². The lowest BCUT2D eigenvalue weighted by Crippen LogP contribution is -2.38. The number of nitrogens with one attached hydrogen (secondary N) is 1. The van der Waals surface area contributed by atoms with Gasteiger partial charge < -0.3 is 10.4 Å². The number of aliphatic hydroxyl groups is 1. The first-order valence-corrected chi connectivity index (χ1v) is 6.17. The SMILES string of the molecule is OC(c1cc(F)cc(C(F)(F)F)c1)C1CCCCN1. The monoisotopic (exact) mass is 277 g/mol. The van der Waals surface area contributed by atoms with Crippen LogP contribution in [0.1, 0.15) is 36.5 Å². The molecule has 106 valence electrons. The van der Waals surface area contributed by atoms with Crippen LogP contribution < -0.4 is 5.32 Å². The highest BCUT2D eigenvalue weighted by molar-refractivity contribution is 5.29. The zero-order valence-corrected chi connectivity index (χ0v) is 10.2. The first kappa shape index (κ1) is 14.3. The van der Waals surface area contributed by atoms with E-state index in [0.717, 1.165) is 25.0 Å². The summed E-state index contributed by atoms with van der Waals surface area (Å²) >= 11 is 0. The van der Waals surface area contributed by atoms with Crippen molar-refractivity contribution in [3.05, 3.63) is 35.1 Å². The minimum absolute atomic E-state index is 0.0354. The predicted molar refractivity (Wildman–Crippen MR) is 62.0 cm³/mol. The Hall–Kier alpha value is -1.14. The van der Waals surface area contributed by atoms with E-state index in [4.69, 9.17) is 0 Å². The maximum Gasteiger partial charge on any atom is 0.416 e. The molecule has 2 N–H and O–H groups in total. The Morgan fingerprint density at radius 3 is 2.53 bits per heavy atom. The molecule has 6 heteroatoms. The average Bonchev–Trinajstić information content (AvgIpc) is 2.37. The van der Waals surface area contributed by atoms with Crippen molar-refractivity contribution < 1.29 is 22.7 Å². The molecular weight excluding hydrogens is 262 g/mol. The van der Waals surface area contributed by atoms with Crippen LogP contribution in [0.2, 0.25) is 0 Å². The molecule has 2 rings (SSSR count). The normalized spacial score (nSPS) is 22.3. The Morgan fingerprint density at radius 1 is 1.21 bits per heavy atom. The van der Waals surface area contributed by atoms with Crippen molar-refractivity contribution in [2.75, 3.05) is 6.54 Å². The van der Waals surface area contributed by atoms with Crippen LogP contribution in [0.15, 0.2) is 18.2 Å². The van der Waals surface area contributed by atoms with Crippen molar-refractivity contribution in [3.63, 3.8) is 0 Å². The second kappa shape index (κ2) is 5.46. The van der Waals surface area contributed by atoms with Gasteiger partial charge in [-0.05, 0) is 43.1 Å². The molecule has 1 aliphatic rings. The Kier molecular flexibility index (Phi) is 4.10. The molecule has 0 radical (unpaired) electrons. The van der Waals surface area contributed by atoms with Gasteiger partial charge in [-0.2, -0.15) is 13.2 Å². The van der Waals surface area contributed by atoms with E-state index in [1.54, 1.807) is 0 Å². The summed E-state index contributed by atoms with van der Waals surface area (Å²) in [5, 5.41) is 13.1. The van der Waals surface area contributed by atoms with E-state index in [1.165, 1.54) is 0 Å². The van der Waals surface area contributed by atoms with Gasteiger partial charge in [0.25, 0.3) is 0 Å². The van der Waals surface area contributed by atoms with Gasteiger partial charge in [-0.25, -0.2) is 4.39 Å². The molecule has 1 fully saturated rings. The van der Waals surface area contributed by atoms with Crippen LogP contribution in [0.4, 0.5) is 17.6 Å². The molecule has 2 unspecified atom stereocenters. The average molecular weight is 277 g/mol. The van der Waals surface area contributed by atoms with Crippen LogP contribution in [0.3, 0.4) is 0 Å². The van der Waals surface area contributed by atoms with Crippen molar-refractivity contribution >= 4 is 0 Å². The number of halogens is 4. The summed E-state index contributed by atoms with van der Waals surface area (Å²) < 4.78 is 51.0. The molecule has 0 amide bonds. The fourth-order valence-electron chi connectivity index (χ4n) is 2.33. The summed E-state index contributed by atoms with van der Waals surface area (Å²) in [5.41, 5.74) is -1.11. The van der Waals surface area contributed by atoms with Gasteiger partial charge in [0.2, 0.25) is 0 Å². The first-order valence-electron chi connectivity index (χ1n) is 6.17. The highest BCUT2D eigenvalue weighted by Gasteiger charge is 2.33. The van der Waals surface area contributed by atoms with Crippen molar-refractivity contribution in [1.29, 1.82) is 0 Å². The van der Waals surface area contributed by atoms with Gasteiger partial charge in [0, 0.05) is 6.04 Å². The van der Waals surface area contributed by atoms with Crippen LogP contribution in [0.25, 0.3) is 0 Å². The minimum atomic E-state index is -4.61. The Labute approximate surface area is 108 Å². The molecule has 19 heavy (non-hydrogen) atoms. The van der Waals surface area contributed by atoms with E-state index in [9.17, 15) is 22.7 Å². The van der Waals surface area contributed by atoms with Crippen molar-refractivity contribution in [2.24, 2.45) is 0 Å². The molecule has 1 aliphatic heterocycles. The molecule has 1 saturated heterocycles. The van der Waals surface area contributed by atoms with Gasteiger partial charge in [-0.15, -0.1) is 0 Å². The summed E-state index contributed by atoms with van der Waals surface area (Å²) in [4.78, 5) is 0. The van der Waals surface area contributed by atoms with Crippen LogP contribution >= 0.6 is 0 Å². The molecule has 0 aliphatic carbocycles. The lowest BCUT2D eigenvalue weighted by Gasteiger charge is -2.28. The van der Waals surface area contributed by atoms with Crippen molar-refractivity contribution in [3.8, 4) is 0 Å². The topological polar surface area (TPSA) is 32.3 Å². The molecule has 1 aromatic rings. The van der Waals surface area contributed by atoms with Crippen LogP contribution in [0, 0.1) is 5.82 Å². The number of hydrogen-bond donors (Lipinski definition) is 2. The number of piperidine rings is 1. The molecule has 0 bridgehead atoms. The van der Waals surface area contributed by atoms with Crippen molar-refractivity contribution in [2.45, 2.75) is 37.6 Å². The molecule has 2 nitrogen and oxygen atoms in total. The number of aliphatic hydroxyl groups excluding tert-OH is 1. The Bertz CT molecular complexity index is 441. The van der Waals surface area contributed by atoms with Crippen LogP contribution in [-0.4, -0.2) is 17.7 Å². The maximum atomic E-state index is 13.3. The molecule has 1 heterocycles. The van der Waals surface area contributed by atoms with Gasteiger partial charge in [-0.3, -0.25) is 0 Å². The fourth-order valence-corrected chi connectivity index (χ4v) is 2.33. The second-order valence-corrected chi connectivity index (χ2v) is 4.77. The van der Waals surface area contributed by atoms with E-state index >= 15 is 0 Å². The third-order valence-electron chi connectivity index (χ3n) is 3.32. The van der Waals surface area contributed by atoms with Gasteiger partial charge >= 0.3 is 6.18 Å². The fraction of sp³-hybridized carbons (Fsp3) is 0.538. The third kappa shape index (κ3) is 3.45. The number of rotatable bonds is 2.